The van der Waals surface area contributed by atoms with Gasteiger partial charge in [0.15, 0.2) is 0 Å². The van der Waals surface area contributed by atoms with Crippen LogP contribution in [-0.4, -0.2) is 35.8 Å². The van der Waals surface area contributed by atoms with Gasteiger partial charge >= 0.3 is 0 Å². The molecule has 6 heteroatoms. The van der Waals surface area contributed by atoms with E-state index in [-0.39, 0.29) is 5.69 Å². The first-order valence-electron chi connectivity index (χ1n) is 7.41. The molecule has 2 N–H and O–H groups in total. The Morgan fingerprint density at radius 2 is 2.00 bits per heavy atom. The van der Waals surface area contributed by atoms with Crippen molar-refractivity contribution in [2.75, 3.05) is 19.7 Å². The molecule has 0 bridgehead atoms. The topological polar surface area (TPSA) is 84.6 Å². The number of nitro groups is 1. The monoisotopic (exact) mass is 294 g/mol. The molecule has 1 fully saturated rings. The van der Waals surface area contributed by atoms with Crippen LogP contribution in [0.25, 0.3) is 0 Å². The maximum absolute atomic E-state index is 10.6. The fourth-order valence-electron chi connectivity index (χ4n) is 2.53. The summed E-state index contributed by atoms with van der Waals surface area (Å²) in [4.78, 5) is 10.1. The Morgan fingerprint density at radius 1 is 1.33 bits per heavy atom. The summed E-state index contributed by atoms with van der Waals surface area (Å²) in [5.74, 6) is 0. The molecule has 0 aromatic heterocycles. The van der Waals surface area contributed by atoms with Crippen LogP contribution in [0.2, 0.25) is 0 Å². The lowest BCUT2D eigenvalue weighted by Gasteiger charge is -2.14. The van der Waals surface area contributed by atoms with Crippen molar-refractivity contribution in [3.05, 3.63) is 39.9 Å². The number of nitro benzene ring substituents is 1. The number of rotatable bonds is 8. The van der Waals surface area contributed by atoms with Gasteiger partial charge in [-0.1, -0.05) is 12.8 Å². The number of nitrogens with zero attached hydrogens (tertiary/aromatic N) is 1. The average molecular weight is 294 g/mol. The molecule has 0 amide bonds. The molecule has 0 spiro atoms. The third-order valence-corrected chi connectivity index (χ3v) is 3.76. The van der Waals surface area contributed by atoms with Crippen LogP contribution in [-0.2, 0) is 4.74 Å². The zero-order valence-corrected chi connectivity index (χ0v) is 12.0. The minimum Gasteiger partial charge on any atom is -0.387 e. The van der Waals surface area contributed by atoms with Gasteiger partial charge in [-0.25, -0.2) is 0 Å². The summed E-state index contributed by atoms with van der Waals surface area (Å²) in [6.07, 6.45) is 4.58. The van der Waals surface area contributed by atoms with Crippen molar-refractivity contribution in [1.29, 1.82) is 0 Å². The lowest BCUT2D eigenvalue weighted by atomic mass is 10.1. The lowest BCUT2D eigenvalue weighted by Crippen LogP contribution is -2.26. The Morgan fingerprint density at radius 3 is 2.62 bits per heavy atom. The van der Waals surface area contributed by atoms with Crippen LogP contribution in [0.4, 0.5) is 5.69 Å². The van der Waals surface area contributed by atoms with Crippen molar-refractivity contribution in [1.82, 2.24) is 5.32 Å². The molecular formula is C15H22N2O4. The van der Waals surface area contributed by atoms with Crippen molar-refractivity contribution in [3.63, 3.8) is 0 Å². The first-order valence-corrected chi connectivity index (χ1v) is 7.41. The summed E-state index contributed by atoms with van der Waals surface area (Å²) in [6.45, 7) is 1.75. The van der Waals surface area contributed by atoms with Gasteiger partial charge in [-0.05, 0) is 30.5 Å². The van der Waals surface area contributed by atoms with E-state index >= 15 is 0 Å². The van der Waals surface area contributed by atoms with E-state index in [4.69, 9.17) is 4.74 Å². The normalized spacial score (nSPS) is 17.0. The summed E-state index contributed by atoms with van der Waals surface area (Å²) in [5.41, 5.74) is 0.702. The van der Waals surface area contributed by atoms with Crippen LogP contribution in [0.1, 0.15) is 37.4 Å². The van der Waals surface area contributed by atoms with E-state index in [1.165, 1.54) is 25.0 Å². The molecule has 0 radical (unpaired) electrons. The predicted octanol–water partition coefficient (Wildman–Crippen LogP) is 2.18. The molecule has 6 nitrogen and oxygen atoms in total. The standard InChI is InChI=1S/C15H22N2O4/c18-15(12-5-7-13(8-6-12)17(19)20)11-16-9-10-21-14-3-1-2-4-14/h5-8,14-16,18H,1-4,9-11H2. The van der Waals surface area contributed by atoms with Crippen LogP contribution in [0.5, 0.6) is 0 Å². The second-order valence-electron chi connectivity index (χ2n) is 5.35. The molecule has 21 heavy (non-hydrogen) atoms. The molecular weight excluding hydrogens is 272 g/mol. The highest BCUT2D eigenvalue weighted by atomic mass is 16.6. The molecule has 116 valence electrons. The summed E-state index contributed by atoms with van der Waals surface area (Å²) < 4.78 is 5.71. The second-order valence-corrected chi connectivity index (χ2v) is 5.35. The van der Waals surface area contributed by atoms with Gasteiger partial charge in [-0.3, -0.25) is 10.1 Å². The van der Waals surface area contributed by atoms with Crippen molar-refractivity contribution in [3.8, 4) is 0 Å². The van der Waals surface area contributed by atoms with Gasteiger partial charge in [0.05, 0.1) is 23.7 Å². The number of benzene rings is 1. The van der Waals surface area contributed by atoms with E-state index in [9.17, 15) is 15.2 Å². The SMILES string of the molecule is O=[N+]([O-])c1ccc(C(O)CNCCOC2CCCC2)cc1. The molecule has 0 aliphatic heterocycles. The fourth-order valence-corrected chi connectivity index (χ4v) is 2.53. The maximum atomic E-state index is 10.6. The lowest BCUT2D eigenvalue weighted by molar-refractivity contribution is -0.384. The Kier molecular flexibility index (Phi) is 6.10. The highest BCUT2D eigenvalue weighted by molar-refractivity contribution is 5.33. The minimum atomic E-state index is -0.669. The van der Waals surface area contributed by atoms with Crippen molar-refractivity contribution < 1.29 is 14.8 Å². The summed E-state index contributed by atoms with van der Waals surface area (Å²) in [6, 6.07) is 5.97. The van der Waals surface area contributed by atoms with Gasteiger partial charge in [0.2, 0.25) is 0 Å². The number of hydrogen-bond donors (Lipinski definition) is 2. The van der Waals surface area contributed by atoms with Gasteiger partial charge in [0.25, 0.3) is 5.69 Å². The Hall–Kier alpha value is -1.50. The maximum Gasteiger partial charge on any atom is 0.269 e. The first kappa shape index (κ1) is 15.9. The van der Waals surface area contributed by atoms with Gasteiger partial charge in [0.1, 0.15) is 0 Å². The van der Waals surface area contributed by atoms with E-state index in [0.717, 1.165) is 12.8 Å². The van der Waals surface area contributed by atoms with Gasteiger partial charge < -0.3 is 15.2 Å². The first-order chi connectivity index (χ1) is 10.2. The van der Waals surface area contributed by atoms with Crippen LogP contribution in [0.15, 0.2) is 24.3 Å². The number of non-ortho nitro benzene ring substituents is 1. The zero-order chi connectivity index (χ0) is 15.1. The minimum absolute atomic E-state index is 0.0314. The van der Waals surface area contributed by atoms with Crippen molar-refractivity contribution in [2.24, 2.45) is 0 Å². The van der Waals surface area contributed by atoms with Gasteiger partial charge in [-0.2, -0.15) is 0 Å². The van der Waals surface area contributed by atoms with Crippen LogP contribution in [0, 0.1) is 10.1 Å². The zero-order valence-electron chi connectivity index (χ0n) is 12.0. The van der Waals surface area contributed by atoms with E-state index in [2.05, 4.69) is 5.32 Å². The highest BCUT2D eigenvalue weighted by Gasteiger charge is 2.15. The molecule has 2 rings (SSSR count). The quantitative estimate of drug-likeness (QED) is 0.436. The predicted molar refractivity (Wildman–Crippen MR) is 79.1 cm³/mol. The Labute approximate surface area is 124 Å². The Balaban J connectivity index is 1.64. The number of aliphatic hydroxyl groups excluding tert-OH is 1. The molecule has 1 aliphatic rings. The summed E-state index contributed by atoms with van der Waals surface area (Å²) in [5, 5.41) is 23.7. The van der Waals surface area contributed by atoms with E-state index in [0.29, 0.717) is 31.4 Å². The number of ether oxygens (including phenoxy) is 1. The third-order valence-electron chi connectivity index (χ3n) is 3.76. The van der Waals surface area contributed by atoms with E-state index in [1.807, 2.05) is 0 Å². The highest BCUT2D eigenvalue weighted by Crippen LogP contribution is 2.20. The molecule has 1 saturated carbocycles. The molecule has 1 aromatic rings. The molecule has 1 unspecified atom stereocenters. The Bertz CT molecular complexity index is 443. The number of hydrogen-bond acceptors (Lipinski definition) is 5. The molecule has 0 saturated heterocycles. The van der Waals surface area contributed by atoms with Crippen LogP contribution in [0.3, 0.4) is 0 Å². The van der Waals surface area contributed by atoms with Crippen molar-refractivity contribution in [2.45, 2.75) is 37.9 Å². The van der Waals surface area contributed by atoms with E-state index in [1.54, 1.807) is 12.1 Å². The summed E-state index contributed by atoms with van der Waals surface area (Å²) in [7, 11) is 0. The number of nitrogens with one attached hydrogen (secondary N) is 1. The van der Waals surface area contributed by atoms with Crippen LogP contribution < -0.4 is 5.32 Å². The molecule has 1 aliphatic carbocycles. The molecule has 0 heterocycles. The summed E-state index contributed by atoms with van der Waals surface area (Å²) >= 11 is 0. The van der Waals surface area contributed by atoms with Gasteiger partial charge in [0, 0.05) is 25.2 Å². The molecule has 1 aromatic carbocycles. The smallest absolute Gasteiger partial charge is 0.269 e. The van der Waals surface area contributed by atoms with Crippen molar-refractivity contribution >= 4 is 5.69 Å². The largest absolute Gasteiger partial charge is 0.387 e. The molecule has 1 atom stereocenters. The number of aliphatic hydroxyl groups is 1. The van der Waals surface area contributed by atoms with Gasteiger partial charge in [-0.15, -0.1) is 0 Å². The van der Waals surface area contributed by atoms with Crippen LogP contribution >= 0.6 is 0 Å². The fraction of sp³-hybridized carbons (Fsp3) is 0.600. The second kappa shape index (κ2) is 8.07. The van der Waals surface area contributed by atoms with E-state index < -0.39 is 11.0 Å². The average Bonchev–Trinajstić information content (AvgIpc) is 3.00. The third kappa shape index (κ3) is 5.08.